The van der Waals surface area contributed by atoms with Crippen LogP contribution >= 0.6 is 0 Å². The van der Waals surface area contributed by atoms with Gasteiger partial charge in [-0.3, -0.25) is 9.59 Å². The first kappa shape index (κ1) is 15.5. The Hall–Kier alpha value is -1.58. The zero-order chi connectivity index (χ0) is 14.3. The molecular weight excluding hydrogens is 240 g/mol. The van der Waals surface area contributed by atoms with Gasteiger partial charge in [0.15, 0.2) is 0 Å². The number of unbranched alkanes of at least 4 members (excludes halogenated alkanes) is 3. The molecule has 4 heteroatoms. The van der Waals surface area contributed by atoms with Crippen LogP contribution in [0.5, 0.6) is 0 Å². The minimum Gasteiger partial charge on any atom is -0.352 e. The summed E-state index contributed by atoms with van der Waals surface area (Å²) in [6.45, 7) is 6.67. The minimum atomic E-state index is -0.298. The Balaban J connectivity index is 2.62. The average molecular weight is 264 g/mol. The molecule has 0 aliphatic carbocycles. The van der Waals surface area contributed by atoms with Crippen molar-refractivity contribution in [2.24, 2.45) is 0 Å². The van der Waals surface area contributed by atoms with Crippen molar-refractivity contribution in [2.45, 2.75) is 52.9 Å². The lowest BCUT2D eigenvalue weighted by atomic mass is 10.1. The predicted molar refractivity (Wildman–Crippen MR) is 77.7 cm³/mol. The zero-order valence-corrected chi connectivity index (χ0v) is 12.1. The fourth-order valence-electron chi connectivity index (χ4n) is 2.06. The number of carbonyl (C=O) groups excluding carboxylic acids is 1. The Bertz CT molecular complexity index is 478. The van der Waals surface area contributed by atoms with Crippen molar-refractivity contribution in [3.05, 3.63) is 33.2 Å². The molecule has 0 bridgehead atoms. The lowest BCUT2D eigenvalue weighted by Crippen LogP contribution is -2.31. The summed E-state index contributed by atoms with van der Waals surface area (Å²) in [5, 5.41) is 2.80. The van der Waals surface area contributed by atoms with Gasteiger partial charge in [0.2, 0.25) is 0 Å². The lowest BCUT2D eigenvalue weighted by molar-refractivity contribution is 0.0951. The van der Waals surface area contributed by atoms with Crippen LogP contribution in [0.25, 0.3) is 0 Å². The van der Waals surface area contributed by atoms with E-state index in [1.165, 1.54) is 12.8 Å². The summed E-state index contributed by atoms with van der Waals surface area (Å²) in [7, 11) is 0. The van der Waals surface area contributed by atoms with Crippen LogP contribution in [0.4, 0.5) is 0 Å². The molecular formula is C15H24N2O2. The molecule has 0 atom stereocenters. The molecule has 2 N–H and O–H groups in total. The standard InChI is InChI=1S/C15H24N2O2/c1-4-6-7-8-9-16-14(18)12-10-11(3)13(5-2)17-15(12)19/h10H,4-9H2,1-3H3,(H,16,18)(H,17,19). The smallest absolute Gasteiger partial charge is 0.261 e. The van der Waals surface area contributed by atoms with Crippen LogP contribution in [0.3, 0.4) is 0 Å². The Labute approximate surface area is 114 Å². The second-order valence-corrected chi connectivity index (χ2v) is 4.84. The molecule has 106 valence electrons. The highest BCUT2D eigenvalue weighted by atomic mass is 16.2. The number of carbonyl (C=O) groups is 1. The van der Waals surface area contributed by atoms with Gasteiger partial charge < -0.3 is 10.3 Å². The number of amides is 1. The van der Waals surface area contributed by atoms with Crippen molar-refractivity contribution in [3.8, 4) is 0 Å². The number of pyridine rings is 1. The second-order valence-electron chi connectivity index (χ2n) is 4.84. The third-order valence-corrected chi connectivity index (χ3v) is 3.26. The number of hydrogen-bond acceptors (Lipinski definition) is 2. The van der Waals surface area contributed by atoms with E-state index in [9.17, 15) is 9.59 Å². The van der Waals surface area contributed by atoms with Gasteiger partial charge in [-0.2, -0.15) is 0 Å². The van der Waals surface area contributed by atoms with Gasteiger partial charge in [-0.1, -0.05) is 33.1 Å². The zero-order valence-electron chi connectivity index (χ0n) is 12.1. The van der Waals surface area contributed by atoms with Crippen molar-refractivity contribution in [1.82, 2.24) is 10.3 Å². The molecule has 1 aromatic rings. The van der Waals surface area contributed by atoms with Gasteiger partial charge in [0.1, 0.15) is 5.56 Å². The summed E-state index contributed by atoms with van der Waals surface area (Å²) >= 11 is 0. The van der Waals surface area contributed by atoms with Gasteiger partial charge in [-0.05, 0) is 31.4 Å². The molecule has 0 spiro atoms. The van der Waals surface area contributed by atoms with Crippen LogP contribution in [0, 0.1) is 6.92 Å². The molecule has 19 heavy (non-hydrogen) atoms. The Morgan fingerprint density at radius 1 is 1.26 bits per heavy atom. The van der Waals surface area contributed by atoms with Crippen molar-refractivity contribution in [1.29, 1.82) is 0 Å². The van der Waals surface area contributed by atoms with Crippen molar-refractivity contribution >= 4 is 5.91 Å². The summed E-state index contributed by atoms with van der Waals surface area (Å²) in [6, 6.07) is 1.68. The molecule has 0 radical (unpaired) electrons. The fraction of sp³-hybridized carbons (Fsp3) is 0.600. The van der Waals surface area contributed by atoms with E-state index < -0.39 is 0 Å². The molecule has 0 aromatic carbocycles. The molecule has 0 unspecified atom stereocenters. The molecule has 1 heterocycles. The SMILES string of the molecule is CCCCCCNC(=O)c1cc(C)c(CC)[nH]c1=O. The van der Waals surface area contributed by atoms with E-state index in [1.54, 1.807) is 6.07 Å². The maximum Gasteiger partial charge on any atom is 0.261 e. The van der Waals surface area contributed by atoms with Crippen LogP contribution in [-0.2, 0) is 6.42 Å². The first-order chi connectivity index (χ1) is 9.10. The number of aromatic amines is 1. The van der Waals surface area contributed by atoms with Gasteiger partial charge in [-0.15, -0.1) is 0 Å². The van der Waals surface area contributed by atoms with Gasteiger partial charge in [0.05, 0.1) is 0 Å². The number of rotatable bonds is 7. The van der Waals surface area contributed by atoms with E-state index in [-0.39, 0.29) is 17.0 Å². The summed E-state index contributed by atoms with van der Waals surface area (Å²) in [4.78, 5) is 26.5. The van der Waals surface area contributed by atoms with E-state index in [2.05, 4.69) is 17.2 Å². The first-order valence-corrected chi connectivity index (χ1v) is 7.11. The third kappa shape index (κ3) is 4.54. The predicted octanol–water partition coefficient (Wildman–Crippen LogP) is 2.56. The monoisotopic (exact) mass is 264 g/mol. The molecule has 0 saturated heterocycles. The maximum atomic E-state index is 11.9. The summed E-state index contributed by atoms with van der Waals surface area (Å²) in [5.41, 5.74) is 1.77. The highest BCUT2D eigenvalue weighted by Crippen LogP contribution is 2.05. The molecule has 1 amide bonds. The Morgan fingerprint density at radius 3 is 2.63 bits per heavy atom. The van der Waals surface area contributed by atoms with Gasteiger partial charge in [-0.25, -0.2) is 0 Å². The summed E-state index contributed by atoms with van der Waals surface area (Å²) < 4.78 is 0. The number of nitrogens with one attached hydrogen (secondary N) is 2. The van der Waals surface area contributed by atoms with E-state index >= 15 is 0 Å². The fourth-order valence-corrected chi connectivity index (χ4v) is 2.06. The molecule has 0 aliphatic heterocycles. The van der Waals surface area contributed by atoms with Crippen molar-refractivity contribution in [3.63, 3.8) is 0 Å². The van der Waals surface area contributed by atoms with E-state index in [1.807, 2.05) is 13.8 Å². The normalized spacial score (nSPS) is 10.5. The van der Waals surface area contributed by atoms with Gasteiger partial charge >= 0.3 is 0 Å². The Kier molecular flexibility index (Phi) is 6.33. The highest BCUT2D eigenvalue weighted by Gasteiger charge is 2.11. The molecule has 1 rings (SSSR count). The van der Waals surface area contributed by atoms with E-state index in [4.69, 9.17) is 0 Å². The van der Waals surface area contributed by atoms with Crippen LogP contribution in [0.1, 0.15) is 61.1 Å². The number of aryl methyl sites for hydroxylation is 2. The molecule has 1 aromatic heterocycles. The topological polar surface area (TPSA) is 62.0 Å². The largest absolute Gasteiger partial charge is 0.352 e. The first-order valence-electron chi connectivity index (χ1n) is 7.11. The van der Waals surface area contributed by atoms with Crippen molar-refractivity contribution in [2.75, 3.05) is 6.54 Å². The third-order valence-electron chi connectivity index (χ3n) is 3.26. The molecule has 4 nitrogen and oxygen atoms in total. The quantitative estimate of drug-likeness (QED) is 0.743. The van der Waals surface area contributed by atoms with E-state index in [0.717, 1.165) is 30.5 Å². The highest BCUT2D eigenvalue weighted by molar-refractivity contribution is 5.93. The number of aromatic nitrogens is 1. The maximum absolute atomic E-state index is 11.9. The summed E-state index contributed by atoms with van der Waals surface area (Å²) in [5.74, 6) is -0.275. The Morgan fingerprint density at radius 2 is 2.00 bits per heavy atom. The van der Waals surface area contributed by atoms with Gasteiger partial charge in [0.25, 0.3) is 11.5 Å². The van der Waals surface area contributed by atoms with Crippen LogP contribution in [-0.4, -0.2) is 17.4 Å². The molecule has 0 saturated carbocycles. The van der Waals surface area contributed by atoms with E-state index in [0.29, 0.717) is 6.54 Å². The van der Waals surface area contributed by atoms with Crippen LogP contribution in [0.15, 0.2) is 10.9 Å². The van der Waals surface area contributed by atoms with Crippen LogP contribution in [0.2, 0.25) is 0 Å². The molecule has 0 fully saturated rings. The minimum absolute atomic E-state index is 0.213. The second kappa shape index (κ2) is 7.77. The lowest BCUT2D eigenvalue weighted by Gasteiger charge is -2.07. The number of H-pyrrole nitrogens is 1. The van der Waals surface area contributed by atoms with Crippen molar-refractivity contribution < 1.29 is 4.79 Å². The van der Waals surface area contributed by atoms with Crippen LogP contribution < -0.4 is 10.9 Å². The number of hydrogen-bond donors (Lipinski definition) is 2. The average Bonchev–Trinajstić information content (AvgIpc) is 2.40. The van der Waals surface area contributed by atoms with Gasteiger partial charge in [0, 0.05) is 12.2 Å². The summed E-state index contributed by atoms with van der Waals surface area (Å²) in [6.07, 6.45) is 5.19. The molecule has 0 aliphatic rings.